The van der Waals surface area contributed by atoms with Crippen molar-refractivity contribution in [3.8, 4) is 56.2 Å². The van der Waals surface area contributed by atoms with E-state index < -0.39 is 0 Å². The smallest absolute Gasteiger partial charge is 0.160 e. The largest absolute Gasteiger partial charge is 0.265 e. The minimum Gasteiger partial charge on any atom is -0.265 e. The molecule has 2 heterocycles. The van der Waals surface area contributed by atoms with Crippen molar-refractivity contribution in [2.24, 2.45) is 0 Å². The molecule has 0 saturated carbocycles. The van der Waals surface area contributed by atoms with Gasteiger partial charge in [-0.15, -0.1) is 0 Å². The second-order valence-electron chi connectivity index (χ2n) is 14.0. The Balaban J connectivity index is 1.08. The van der Waals surface area contributed by atoms with E-state index in [0.29, 0.717) is 5.82 Å². The van der Waals surface area contributed by atoms with E-state index in [1.807, 2.05) is 24.5 Å². The monoisotopic (exact) mass is 685 g/mol. The highest BCUT2D eigenvalue weighted by Gasteiger charge is 2.17. The van der Waals surface area contributed by atoms with Gasteiger partial charge in [-0.1, -0.05) is 152 Å². The van der Waals surface area contributed by atoms with Crippen LogP contribution < -0.4 is 0 Å². The van der Waals surface area contributed by atoms with Crippen molar-refractivity contribution in [1.82, 2.24) is 15.0 Å². The van der Waals surface area contributed by atoms with Crippen molar-refractivity contribution in [3.63, 3.8) is 0 Å². The fourth-order valence-corrected chi connectivity index (χ4v) is 8.29. The molecule has 0 radical (unpaired) electrons. The average molecular weight is 686 g/mol. The zero-order valence-corrected chi connectivity index (χ0v) is 29.2. The normalized spacial score (nSPS) is 11.7. The lowest BCUT2D eigenvalue weighted by molar-refractivity contribution is 1.19. The van der Waals surface area contributed by atoms with Gasteiger partial charge in [-0.3, -0.25) is 4.98 Å². The molecule has 9 aromatic carbocycles. The molecule has 0 bridgehead atoms. The summed E-state index contributed by atoms with van der Waals surface area (Å²) in [4.78, 5) is 14.7. The zero-order valence-electron chi connectivity index (χ0n) is 29.2. The number of nitrogens with zero attached hydrogens (tertiary/aromatic N) is 3. The maximum Gasteiger partial charge on any atom is 0.160 e. The quantitative estimate of drug-likeness (QED) is 0.169. The maximum absolute atomic E-state index is 5.29. The second-order valence-corrected chi connectivity index (χ2v) is 14.0. The van der Waals surface area contributed by atoms with Crippen LogP contribution in [0, 0.1) is 0 Å². The van der Waals surface area contributed by atoms with Crippen LogP contribution >= 0.6 is 0 Å². The molecule has 0 unspecified atom stereocenters. The van der Waals surface area contributed by atoms with E-state index in [-0.39, 0.29) is 0 Å². The lowest BCUT2D eigenvalue weighted by Crippen LogP contribution is -1.97. The molecule has 0 aliphatic carbocycles. The van der Waals surface area contributed by atoms with Gasteiger partial charge in [0.25, 0.3) is 0 Å². The van der Waals surface area contributed by atoms with Crippen molar-refractivity contribution in [2.45, 2.75) is 0 Å². The summed E-state index contributed by atoms with van der Waals surface area (Å²) in [7, 11) is 0. The maximum atomic E-state index is 5.29. The summed E-state index contributed by atoms with van der Waals surface area (Å²) in [6.45, 7) is 0. The number of fused-ring (bicyclic) bond motifs is 3. The Morgan fingerprint density at radius 2 is 0.870 bits per heavy atom. The third-order valence-electron chi connectivity index (χ3n) is 10.9. The number of rotatable bonds is 5. The number of aromatic nitrogens is 3. The van der Waals surface area contributed by atoms with E-state index in [1.165, 1.54) is 65.0 Å². The molecule has 0 spiro atoms. The Morgan fingerprint density at radius 1 is 0.296 bits per heavy atom. The van der Waals surface area contributed by atoms with Crippen LogP contribution in [0.2, 0.25) is 0 Å². The molecular formula is C51H31N3. The molecular weight excluding hydrogens is 655 g/mol. The first-order valence-corrected chi connectivity index (χ1v) is 18.3. The second kappa shape index (κ2) is 12.2. The van der Waals surface area contributed by atoms with Gasteiger partial charge in [0.2, 0.25) is 0 Å². The summed E-state index contributed by atoms with van der Waals surface area (Å²) < 4.78 is 0. The van der Waals surface area contributed by atoms with Gasteiger partial charge in [0.05, 0.1) is 11.4 Å². The van der Waals surface area contributed by atoms with E-state index in [1.54, 1.807) is 0 Å². The molecule has 0 fully saturated rings. The fourth-order valence-electron chi connectivity index (χ4n) is 8.29. The van der Waals surface area contributed by atoms with E-state index in [9.17, 15) is 0 Å². The zero-order chi connectivity index (χ0) is 35.6. The average Bonchev–Trinajstić information content (AvgIpc) is 3.25. The van der Waals surface area contributed by atoms with Crippen LogP contribution in [0.15, 0.2) is 188 Å². The highest BCUT2D eigenvalue weighted by Crippen LogP contribution is 2.41. The summed E-state index contributed by atoms with van der Waals surface area (Å²) in [5.74, 6) is 0.694. The lowest BCUT2D eigenvalue weighted by Gasteiger charge is -2.15. The Labute approximate surface area is 312 Å². The lowest BCUT2D eigenvalue weighted by atomic mass is 9.90. The van der Waals surface area contributed by atoms with Crippen LogP contribution in [-0.4, -0.2) is 15.0 Å². The molecule has 11 aromatic rings. The van der Waals surface area contributed by atoms with Gasteiger partial charge in [-0.2, -0.15) is 0 Å². The van der Waals surface area contributed by atoms with Gasteiger partial charge in [0.15, 0.2) is 5.82 Å². The molecule has 0 aliphatic heterocycles. The Hall–Kier alpha value is -7.23. The Morgan fingerprint density at radius 3 is 1.67 bits per heavy atom. The molecule has 0 N–H and O–H groups in total. The van der Waals surface area contributed by atoms with Gasteiger partial charge in [0.1, 0.15) is 0 Å². The number of pyridine rings is 1. The third kappa shape index (κ3) is 4.94. The van der Waals surface area contributed by atoms with Gasteiger partial charge < -0.3 is 0 Å². The SMILES string of the molecule is c1ccc2c(c1)cc(-c1ccc(-c3cc(-c4ccc5ccc6cccc7ccc4c5c67)nc(-c4ccc(-c5ccncc5)cc4)n3)cc1)c1ccccc12. The van der Waals surface area contributed by atoms with Crippen molar-refractivity contribution in [2.75, 3.05) is 0 Å². The molecule has 250 valence electrons. The highest BCUT2D eigenvalue weighted by atomic mass is 14.9. The van der Waals surface area contributed by atoms with Crippen molar-refractivity contribution >= 4 is 53.9 Å². The van der Waals surface area contributed by atoms with E-state index in [2.05, 4.69) is 169 Å². The molecule has 0 aliphatic rings. The van der Waals surface area contributed by atoms with Crippen LogP contribution in [0.25, 0.3) is 110 Å². The summed E-state index contributed by atoms with van der Waals surface area (Å²) in [6, 6.07) is 63.2. The van der Waals surface area contributed by atoms with Crippen LogP contribution in [0.3, 0.4) is 0 Å². The molecule has 0 atom stereocenters. The topological polar surface area (TPSA) is 38.7 Å². The summed E-state index contributed by atoms with van der Waals surface area (Å²) in [6.07, 6.45) is 3.65. The first-order chi connectivity index (χ1) is 26.7. The minimum absolute atomic E-state index is 0.694. The van der Waals surface area contributed by atoms with Gasteiger partial charge in [-0.05, 0) is 100 Å². The summed E-state index contributed by atoms with van der Waals surface area (Å²) in [5.41, 5.74) is 9.54. The predicted molar refractivity (Wildman–Crippen MR) is 226 cm³/mol. The number of benzene rings is 9. The molecule has 3 heteroatoms. The first-order valence-electron chi connectivity index (χ1n) is 18.3. The minimum atomic E-state index is 0.694. The Kier molecular flexibility index (Phi) is 6.86. The van der Waals surface area contributed by atoms with E-state index in [0.717, 1.165) is 39.2 Å². The summed E-state index contributed by atoms with van der Waals surface area (Å²) >= 11 is 0. The molecule has 0 amide bonds. The predicted octanol–water partition coefficient (Wildman–Crippen LogP) is 13.4. The van der Waals surface area contributed by atoms with Gasteiger partial charge in [0, 0.05) is 29.1 Å². The summed E-state index contributed by atoms with van der Waals surface area (Å²) in [5, 5.41) is 12.5. The van der Waals surface area contributed by atoms with Crippen LogP contribution in [0.4, 0.5) is 0 Å². The van der Waals surface area contributed by atoms with Gasteiger partial charge >= 0.3 is 0 Å². The van der Waals surface area contributed by atoms with Crippen LogP contribution in [0.1, 0.15) is 0 Å². The Bertz CT molecular complexity index is 3170. The fraction of sp³-hybridized carbons (Fsp3) is 0. The van der Waals surface area contributed by atoms with Crippen LogP contribution in [0.5, 0.6) is 0 Å². The van der Waals surface area contributed by atoms with E-state index in [4.69, 9.17) is 9.97 Å². The highest BCUT2D eigenvalue weighted by molar-refractivity contribution is 6.25. The van der Waals surface area contributed by atoms with Gasteiger partial charge in [-0.25, -0.2) is 9.97 Å². The molecule has 2 aromatic heterocycles. The number of hydrogen-bond acceptors (Lipinski definition) is 3. The molecule has 54 heavy (non-hydrogen) atoms. The van der Waals surface area contributed by atoms with Crippen molar-refractivity contribution in [1.29, 1.82) is 0 Å². The van der Waals surface area contributed by atoms with E-state index >= 15 is 0 Å². The first kappa shape index (κ1) is 30.4. The number of hydrogen-bond donors (Lipinski definition) is 0. The van der Waals surface area contributed by atoms with Crippen molar-refractivity contribution < 1.29 is 0 Å². The van der Waals surface area contributed by atoms with Crippen molar-refractivity contribution in [3.05, 3.63) is 188 Å². The molecule has 3 nitrogen and oxygen atoms in total. The molecule has 11 rings (SSSR count). The third-order valence-corrected chi connectivity index (χ3v) is 10.9. The standard InChI is InChI=1S/C51H31N3/c1-2-9-41-40(6-1)30-46(43-11-4-3-10-42(41)43)34-14-16-35(17-15-34)47-31-48(54-51(53-47)39-20-12-32(13-21-39)33-26-28-52-29-27-33)44-24-22-38-19-18-36-7-5-8-37-23-25-45(44)50(38)49(36)37/h1-31H. The molecule has 0 saturated heterocycles. The van der Waals surface area contributed by atoms with Crippen LogP contribution in [-0.2, 0) is 0 Å².